The molecule has 0 saturated heterocycles. The van der Waals surface area contributed by atoms with Crippen molar-refractivity contribution < 1.29 is 9.90 Å². The van der Waals surface area contributed by atoms with Gasteiger partial charge in [0.2, 0.25) is 0 Å². The van der Waals surface area contributed by atoms with Crippen molar-refractivity contribution in [2.75, 3.05) is 0 Å². The Morgan fingerprint density at radius 2 is 2.21 bits per heavy atom. The molecule has 0 atom stereocenters. The molecule has 0 fully saturated rings. The lowest BCUT2D eigenvalue weighted by atomic mass is 10.1. The smallest absolute Gasteiger partial charge is 0.307 e. The average molecular weight is 206 g/mol. The van der Waals surface area contributed by atoms with Gasteiger partial charge in [0.25, 0.3) is 0 Å². The molecule has 1 N–H and O–H groups in total. The van der Waals surface area contributed by atoms with Gasteiger partial charge in [-0.1, -0.05) is 12.1 Å². The number of benzene rings is 1. The molecule has 0 spiro atoms. The van der Waals surface area contributed by atoms with Gasteiger partial charge in [-0.2, -0.15) is 0 Å². The van der Waals surface area contributed by atoms with Crippen LogP contribution in [0.1, 0.15) is 10.4 Å². The molecular weight excluding hydrogens is 196 g/mol. The molecule has 72 valence electrons. The Morgan fingerprint density at radius 1 is 1.43 bits per heavy atom. The van der Waals surface area contributed by atoms with Gasteiger partial charge in [-0.05, 0) is 30.0 Å². The van der Waals surface area contributed by atoms with Crippen molar-refractivity contribution in [1.82, 2.24) is 0 Å². The lowest BCUT2D eigenvalue weighted by Crippen LogP contribution is -1.99. The van der Waals surface area contributed by atoms with Gasteiger partial charge < -0.3 is 5.11 Å². The summed E-state index contributed by atoms with van der Waals surface area (Å²) in [6.07, 6.45) is 0.104. The van der Waals surface area contributed by atoms with Crippen molar-refractivity contribution in [2.45, 2.75) is 13.3 Å². The second-order valence-corrected chi connectivity index (χ2v) is 4.59. The lowest BCUT2D eigenvalue weighted by molar-refractivity contribution is -0.136. The highest BCUT2D eigenvalue weighted by Gasteiger charge is 2.03. The molecule has 3 heteroatoms. The van der Waals surface area contributed by atoms with E-state index in [1.165, 1.54) is 15.0 Å². The van der Waals surface area contributed by atoms with Gasteiger partial charge in [0, 0.05) is 9.58 Å². The summed E-state index contributed by atoms with van der Waals surface area (Å²) in [4.78, 5) is 11.8. The van der Waals surface area contributed by atoms with E-state index in [1.54, 1.807) is 11.3 Å². The molecule has 2 aromatic rings. The van der Waals surface area contributed by atoms with E-state index in [2.05, 4.69) is 13.0 Å². The van der Waals surface area contributed by atoms with Crippen LogP contribution >= 0.6 is 11.3 Å². The summed E-state index contributed by atoms with van der Waals surface area (Å²) in [6, 6.07) is 7.94. The van der Waals surface area contributed by atoms with Gasteiger partial charge >= 0.3 is 5.97 Å². The maximum absolute atomic E-state index is 10.5. The van der Waals surface area contributed by atoms with E-state index in [1.807, 2.05) is 18.2 Å². The summed E-state index contributed by atoms with van der Waals surface area (Å²) in [5.41, 5.74) is 0.867. The zero-order valence-corrected chi connectivity index (χ0v) is 8.60. The highest BCUT2D eigenvalue weighted by atomic mass is 32.1. The number of thiophene rings is 1. The molecule has 0 amide bonds. The van der Waals surface area contributed by atoms with Crippen molar-refractivity contribution in [3.05, 3.63) is 34.7 Å². The first-order chi connectivity index (χ1) is 6.65. The van der Waals surface area contributed by atoms with Crippen molar-refractivity contribution >= 4 is 27.4 Å². The SMILES string of the molecule is Cc1cc2ccc(CC(=O)O)cc2s1. The number of hydrogen-bond donors (Lipinski definition) is 1. The number of hydrogen-bond acceptors (Lipinski definition) is 2. The summed E-state index contributed by atoms with van der Waals surface area (Å²) in [5.74, 6) is -0.780. The summed E-state index contributed by atoms with van der Waals surface area (Å²) >= 11 is 1.70. The first-order valence-electron chi connectivity index (χ1n) is 4.36. The molecule has 0 radical (unpaired) electrons. The molecule has 2 rings (SSSR count). The lowest BCUT2D eigenvalue weighted by Gasteiger charge is -1.96. The highest BCUT2D eigenvalue weighted by molar-refractivity contribution is 7.19. The minimum atomic E-state index is -0.780. The molecule has 0 unspecified atom stereocenters. The van der Waals surface area contributed by atoms with Gasteiger partial charge in [-0.15, -0.1) is 11.3 Å². The summed E-state index contributed by atoms with van der Waals surface area (Å²) in [5, 5.41) is 9.84. The summed E-state index contributed by atoms with van der Waals surface area (Å²) in [7, 11) is 0. The fourth-order valence-electron chi connectivity index (χ4n) is 1.49. The van der Waals surface area contributed by atoms with E-state index in [9.17, 15) is 4.79 Å². The Kier molecular flexibility index (Phi) is 2.25. The Balaban J connectivity index is 2.45. The number of carbonyl (C=O) groups is 1. The van der Waals surface area contributed by atoms with E-state index in [0.29, 0.717) is 0 Å². The van der Waals surface area contributed by atoms with Crippen LogP contribution in [0.25, 0.3) is 10.1 Å². The molecule has 0 aliphatic rings. The number of fused-ring (bicyclic) bond motifs is 1. The maximum Gasteiger partial charge on any atom is 0.307 e. The van der Waals surface area contributed by atoms with E-state index in [4.69, 9.17) is 5.11 Å². The van der Waals surface area contributed by atoms with Crippen LogP contribution in [0.5, 0.6) is 0 Å². The maximum atomic E-state index is 10.5. The van der Waals surface area contributed by atoms with Crippen LogP contribution in [-0.2, 0) is 11.2 Å². The predicted molar refractivity (Wildman–Crippen MR) is 57.9 cm³/mol. The van der Waals surface area contributed by atoms with Gasteiger partial charge in [0.1, 0.15) is 0 Å². The molecule has 0 bridgehead atoms. The van der Waals surface area contributed by atoms with Gasteiger partial charge in [0.15, 0.2) is 0 Å². The Bertz CT molecular complexity index is 485. The quantitative estimate of drug-likeness (QED) is 0.820. The minimum absolute atomic E-state index is 0.104. The van der Waals surface area contributed by atoms with Crippen molar-refractivity contribution in [2.24, 2.45) is 0 Å². The third-order valence-corrected chi connectivity index (χ3v) is 3.08. The topological polar surface area (TPSA) is 37.3 Å². The monoisotopic (exact) mass is 206 g/mol. The van der Waals surface area contributed by atoms with Gasteiger partial charge in [0.05, 0.1) is 6.42 Å². The van der Waals surface area contributed by atoms with E-state index in [-0.39, 0.29) is 6.42 Å². The molecule has 14 heavy (non-hydrogen) atoms. The van der Waals surface area contributed by atoms with Crippen LogP contribution in [-0.4, -0.2) is 11.1 Å². The Morgan fingerprint density at radius 3 is 2.93 bits per heavy atom. The Hall–Kier alpha value is -1.35. The molecule has 1 aromatic heterocycles. The van der Waals surface area contributed by atoms with Crippen LogP contribution < -0.4 is 0 Å². The fourth-order valence-corrected chi connectivity index (χ4v) is 2.48. The van der Waals surface area contributed by atoms with Crippen molar-refractivity contribution in [1.29, 1.82) is 0 Å². The standard InChI is InChI=1S/C11H10O2S/c1-7-4-9-3-2-8(6-11(12)13)5-10(9)14-7/h2-5H,6H2,1H3,(H,12,13). The second-order valence-electron chi connectivity index (χ2n) is 3.30. The number of carboxylic acid groups (broad SMARTS) is 1. The molecule has 0 aliphatic heterocycles. The third-order valence-electron chi connectivity index (χ3n) is 2.06. The van der Waals surface area contributed by atoms with E-state index < -0.39 is 5.97 Å². The zero-order chi connectivity index (χ0) is 10.1. The first-order valence-corrected chi connectivity index (χ1v) is 5.17. The number of rotatable bonds is 2. The number of aliphatic carboxylic acids is 1. The molecule has 1 heterocycles. The van der Waals surface area contributed by atoms with Crippen LogP contribution in [0.2, 0.25) is 0 Å². The number of aryl methyl sites for hydroxylation is 1. The normalized spacial score (nSPS) is 10.6. The molecule has 2 nitrogen and oxygen atoms in total. The average Bonchev–Trinajstić information content (AvgIpc) is 2.42. The van der Waals surface area contributed by atoms with Gasteiger partial charge in [-0.25, -0.2) is 0 Å². The second kappa shape index (κ2) is 3.42. The molecule has 0 saturated carbocycles. The fraction of sp³-hybridized carbons (Fsp3) is 0.182. The zero-order valence-electron chi connectivity index (χ0n) is 7.78. The van der Waals surface area contributed by atoms with Crippen LogP contribution in [0, 0.1) is 6.92 Å². The highest BCUT2D eigenvalue weighted by Crippen LogP contribution is 2.25. The number of carboxylic acids is 1. The van der Waals surface area contributed by atoms with E-state index >= 15 is 0 Å². The Labute approximate surface area is 85.8 Å². The molecule has 0 aliphatic carbocycles. The largest absolute Gasteiger partial charge is 0.481 e. The summed E-state index contributed by atoms with van der Waals surface area (Å²) < 4.78 is 1.17. The first kappa shape index (κ1) is 9.21. The predicted octanol–water partition coefficient (Wildman–Crippen LogP) is 2.84. The third kappa shape index (κ3) is 1.77. The minimum Gasteiger partial charge on any atom is -0.481 e. The van der Waals surface area contributed by atoms with Crippen LogP contribution in [0.3, 0.4) is 0 Å². The summed E-state index contributed by atoms with van der Waals surface area (Å²) in [6.45, 7) is 2.06. The molecular formula is C11H10O2S. The molecule has 1 aromatic carbocycles. The van der Waals surface area contributed by atoms with Crippen LogP contribution in [0.15, 0.2) is 24.3 Å². The van der Waals surface area contributed by atoms with Crippen molar-refractivity contribution in [3.8, 4) is 0 Å². The van der Waals surface area contributed by atoms with Crippen molar-refractivity contribution in [3.63, 3.8) is 0 Å². The van der Waals surface area contributed by atoms with E-state index in [0.717, 1.165) is 5.56 Å². The van der Waals surface area contributed by atoms with Gasteiger partial charge in [-0.3, -0.25) is 4.79 Å². The van der Waals surface area contributed by atoms with Crippen LogP contribution in [0.4, 0.5) is 0 Å².